The summed E-state index contributed by atoms with van der Waals surface area (Å²) in [5.74, 6) is 0. The van der Waals surface area contributed by atoms with Gasteiger partial charge in [0.25, 0.3) is 0 Å². The van der Waals surface area contributed by atoms with Gasteiger partial charge >= 0.3 is 0 Å². The molecule has 0 fully saturated rings. The Morgan fingerprint density at radius 1 is 1.27 bits per heavy atom. The van der Waals surface area contributed by atoms with Gasteiger partial charge in [0.15, 0.2) is 3.83 Å². The number of halogens is 2. The SMILES string of the molecule is Ic1nc2c(I)cncc2[nH]1. The molecule has 0 aliphatic carbocycles. The van der Waals surface area contributed by atoms with Crippen LogP contribution in [0.5, 0.6) is 0 Å². The van der Waals surface area contributed by atoms with E-state index in [1.54, 1.807) is 12.4 Å². The second-order valence-corrected chi connectivity index (χ2v) is 4.23. The highest BCUT2D eigenvalue weighted by Gasteiger charge is 2.02. The molecule has 0 spiro atoms. The molecule has 2 rings (SSSR count). The summed E-state index contributed by atoms with van der Waals surface area (Å²) >= 11 is 4.37. The number of imidazole rings is 1. The van der Waals surface area contributed by atoms with Gasteiger partial charge in [0.1, 0.15) is 5.52 Å². The summed E-state index contributed by atoms with van der Waals surface area (Å²) in [6.45, 7) is 0. The fraction of sp³-hybridized carbons (Fsp3) is 0. The summed E-state index contributed by atoms with van der Waals surface area (Å²) in [5, 5.41) is 0. The number of fused-ring (bicyclic) bond motifs is 1. The quantitative estimate of drug-likeness (QED) is 0.722. The van der Waals surface area contributed by atoms with Gasteiger partial charge in [-0.2, -0.15) is 0 Å². The van der Waals surface area contributed by atoms with Crippen LogP contribution in [0.3, 0.4) is 0 Å². The van der Waals surface area contributed by atoms with Crippen LogP contribution in [0.25, 0.3) is 11.0 Å². The van der Waals surface area contributed by atoms with Gasteiger partial charge in [-0.25, -0.2) is 4.98 Å². The fourth-order valence-electron chi connectivity index (χ4n) is 0.871. The van der Waals surface area contributed by atoms with Gasteiger partial charge in [-0.05, 0) is 45.2 Å². The molecule has 0 amide bonds. The van der Waals surface area contributed by atoms with Crippen molar-refractivity contribution in [2.24, 2.45) is 0 Å². The van der Waals surface area contributed by atoms with E-state index >= 15 is 0 Å². The Hall–Kier alpha value is 0.0800. The first-order valence-electron chi connectivity index (χ1n) is 2.92. The maximum absolute atomic E-state index is 4.30. The van der Waals surface area contributed by atoms with Crippen LogP contribution in [0.1, 0.15) is 0 Å². The molecule has 0 saturated carbocycles. The van der Waals surface area contributed by atoms with E-state index in [0.717, 1.165) is 18.4 Å². The standard InChI is InChI=1S/C6H3I2N3/c7-3-1-9-2-4-5(3)11-6(8)10-4/h1-2H,(H,10,11). The van der Waals surface area contributed by atoms with E-state index in [1.165, 1.54) is 0 Å². The Kier molecular flexibility index (Phi) is 2.00. The van der Waals surface area contributed by atoms with Crippen molar-refractivity contribution in [1.29, 1.82) is 0 Å². The lowest BCUT2D eigenvalue weighted by Gasteiger charge is -1.87. The van der Waals surface area contributed by atoms with E-state index in [9.17, 15) is 0 Å². The molecule has 2 aromatic rings. The van der Waals surface area contributed by atoms with Crippen molar-refractivity contribution >= 4 is 56.2 Å². The van der Waals surface area contributed by atoms with Crippen molar-refractivity contribution in [3.05, 3.63) is 19.8 Å². The third-order valence-electron chi connectivity index (χ3n) is 1.32. The van der Waals surface area contributed by atoms with Crippen molar-refractivity contribution in [1.82, 2.24) is 15.0 Å². The fourth-order valence-corrected chi connectivity index (χ4v) is 1.97. The zero-order chi connectivity index (χ0) is 7.84. The number of nitrogens with one attached hydrogen (secondary N) is 1. The lowest BCUT2D eigenvalue weighted by atomic mass is 10.4. The van der Waals surface area contributed by atoms with Crippen LogP contribution in [0.2, 0.25) is 0 Å². The van der Waals surface area contributed by atoms with Crippen molar-refractivity contribution < 1.29 is 0 Å². The van der Waals surface area contributed by atoms with E-state index in [1.807, 2.05) is 0 Å². The molecule has 0 atom stereocenters. The second-order valence-electron chi connectivity index (χ2n) is 2.05. The third kappa shape index (κ3) is 1.35. The summed E-state index contributed by atoms with van der Waals surface area (Å²) in [5.41, 5.74) is 2.01. The van der Waals surface area contributed by atoms with Crippen LogP contribution in [-0.2, 0) is 0 Å². The number of aromatic amines is 1. The first kappa shape index (κ1) is 7.71. The van der Waals surface area contributed by atoms with Crippen molar-refractivity contribution in [3.63, 3.8) is 0 Å². The number of hydrogen-bond donors (Lipinski definition) is 1. The van der Waals surface area contributed by atoms with E-state index in [4.69, 9.17) is 0 Å². The summed E-state index contributed by atoms with van der Waals surface area (Å²) in [4.78, 5) is 11.4. The smallest absolute Gasteiger partial charge is 0.169 e. The molecule has 2 heterocycles. The minimum Gasteiger partial charge on any atom is -0.332 e. The van der Waals surface area contributed by atoms with Crippen LogP contribution < -0.4 is 0 Å². The first-order valence-corrected chi connectivity index (χ1v) is 5.08. The van der Waals surface area contributed by atoms with Crippen LogP contribution in [0.4, 0.5) is 0 Å². The predicted octanol–water partition coefficient (Wildman–Crippen LogP) is 2.17. The molecule has 3 nitrogen and oxygen atoms in total. The molecule has 1 N–H and O–H groups in total. The van der Waals surface area contributed by atoms with Gasteiger partial charge in [0.05, 0.1) is 15.3 Å². The monoisotopic (exact) mass is 371 g/mol. The van der Waals surface area contributed by atoms with E-state index in [0.29, 0.717) is 0 Å². The number of H-pyrrole nitrogens is 1. The summed E-state index contributed by atoms with van der Waals surface area (Å²) in [6.07, 6.45) is 3.59. The van der Waals surface area contributed by atoms with Gasteiger partial charge in [-0.3, -0.25) is 4.98 Å². The molecule has 0 unspecified atom stereocenters. The predicted molar refractivity (Wildman–Crippen MR) is 59.3 cm³/mol. The number of aromatic nitrogens is 3. The Bertz CT molecular complexity index is 396. The van der Waals surface area contributed by atoms with E-state index < -0.39 is 0 Å². The third-order valence-corrected chi connectivity index (χ3v) is 2.62. The molecule has 2 aromatic heterocycles. The second kappa shape index (κ2) is 2.85. The molecule has 0 aromatic carbocycles. The molecule has 0 saturated heterocycles. The van der Waals surface area contributed by atoms with Gasteiger partial charge in [-0.15, -0.1) is 0 Å². The van der Waals surface area contributed by atoms with Crippen LogP contribution in [-0.4, -0.2) is 15.0 Å². The van der Waals surface area contributed by atoms with Gasteiger partial charge < -0.3 is 4.98 Å². The normalized spacial score (nSPS) is 10.7. The average Bonchev–Trinajstić information content (AvgIpc) is 2.31. The first-order chi connectivity index (χ1) is 5.27. The summed E-state index contributed by atoms with van der Waals surface area (Å²) in [6, 6.07) is 0. The number of hydrogen-bond acceptors (Lipinski definition) is 2. The molecule has 5 heteroatoms. The van der Waals surface area contributed by atoms with Crippen molar-refractivity contribution in [2.75, 3.05) is 0 Å². The molecule has 0 bridgehead atoms. The summed E-state index contributed by atoms with van der Waals surface area (Å²) in [7, 11) is 0. The molecular formula is C6H3I2N3. The molecular weight excluding hydrogens is 368 g/mol. The Morgan fingerprint density at radius 3 is 2.82 bits per heavy atom. The summed E-state index contributed by atoms with van der Waals surface area (Å²) < 4.78 is 1.99. The Morgan fingerprint density at radius 2 is 2.09 bits per heavy atom. The number of nitrogens with zero attached hydrogens (tertiary/aromatic N) is 2. The topological polar surface area (TPSA) is 41.6 Å². The Labute approximate surface area is 90.3 Å². The molecule has 11 heavy (non-hydrogen) atoms. The minimum atomic E-state index is 0.906. The zero-order valence-electron chi connectivity index (χ0n) is 5.31. The molecule has 56 valence electrons. The molecule has 0 aliphatic rings. The highest BCUT2D eigenvalue weighted by atomic mass is 127. The minimum absolute atomic E-state index is 0.906. The largest absolute Gasteiger partial charge is 0.332 e. The lowest BCUT2D eigenvalue weighted by molar-refractivity contribution is 1.26. The van der Waals surface area contributed by atoms with Gasteiger partial charge in [0, 0.05) is 6.20 Å². The van der Waals surface area contributed by atoms with Crippen LogP contribution in [0.15, 0.2) is 12.4 Å². The highest BCUT2D eigenvalue weighted by molar-refractivity contribution is 14.1. The van der Waals surface area contributed by atoms with Crippen molar-refractivity contribution in [2.45, 2.75) is 0 Å². The number of rotatable bonds is 0. The highest BCUT2D eigenvalue weighted by Crippen LogP contribution is 2.16. The van der Waals surface area contributed by atoms with Crippen LogP contribution >= 0.6 is 45.2 Å². The average molecular weight is 371 g/mol. The molecule has 0 aliphatic heterocycles. The van der Waals surface area contributed by atoms with Crippen LogP contribution in [0, 0.1) is 7.40 Å². The Balaban J connectivity index is 2.90. The van der Waals surface area contributed by atoms with Gasteiger partial charge in [0.2, 0.25) is 0 Å². The van der Waals surface area contributed by atoms with Gasteiger partial charge in [-0.1, -0.05) is 0 Å². The maximum Gasteiger partial charge on any atom is 0.169 e. The zero-order valence-corrected chi connectivity index (χ0v) is 9.62. The molecule has 0 radical (unpaired) electrons. The van der Waals surface area contributed by atoms with Crippen molar-refractivity contribution in [3.8, 4) is 0 Å². The van der Waals surface area contributed by atoms with E-state index in [-0.39, 0.29) is 0 Å². The van der Waals surface area contributed by atoms with E-state index in [2.05, 4.69) is 60.1 Å². The lowest BCUT2D eigenvalue weighted by Crippen LogP contribution is -1.77. The maximum atomic E-state index is 4.30. The number of pyridine rings is 1.